The van der Waals surface area contributed by atoms with Crippen LogP contribution in [0.5, 0.6) is 0 Å². The Morgan fingerprint density at radius 2 is 2.00 bits per heavy atom. The summed E-state index contributed by atoms with van der Waals surface area (Å²) in [7, 11) is 0. The third kappa shape index (κ3) is 2.18. The largest absolute Gasteiger partial charge is 0.480 e. The lowest BCUT2D eigenvalue weighted by Crippen LogP contribution is -2.44. The summed E-state index contributed by atoms with van der Waals surface area (Å²) >= 11 is 2.77. The number of furan rings is 1. The van der Waals surface area contributed by atoms with Gasteiger partial charge in [0.15, 0.2) is 0 Å². The predicted octanol–water partition coefficient (Wildman–Crippen LogP) is 1.98. The fourth-order valence-electron chi connectivity index (χ4n) is 6.32. The molecule has 2 aliphatic carbocycles. The predicted molar refractivity (Wildman–Crippen MR) is 106 cm³/mol. The molecule has 2 N–H and O–H groups in total. The van der Waals surface area contributed by atoms with Crippen LogP contribution in [0, 0.1) is 29.6 Å². The molecule has 2 bridgehead atoms. The van der Waals surface area contributed by atoms with Crippen molar-refractivity contribution in [3.63, 3.8) is 0 Å². The summed E-state index contributed by atoms with van der Waals surface area (Å²) in [5.74, 6) is -2.23. The molecule has 2 amide bonds. The van der Waals surface area contributed by atoms with Crippen LogP contribution in [0.15, 0.2) is 32.6 Å². The van der Waals surface area contributed by atoms with Crippen molar-refractivity contribution in [2.24, 2.45) is 29.6 Å². The van der Waals surface area contributed by atoms with Crippen LogP contribution in [0.1, 0.15) is 29.9 Å². The number of hydrogen-bond donors (Lipinski definition) is 2. The lowest BCUT2D eigenvalue weighted by atomic mass is 9.69. The van der Waals surface area contributed by atoms with Crippen molar-refractivity contribution in [2.75, 3.05) is 0 Å². The van der Waals surface area contributed by atoms with Crippen LogP contribution in [0.4, 0.5) is 0 Å². The number of nitrogens with zero attached hydrogens (tertiary/aromatic N) is 1. The van der Waals surface area contributed by atoms with Crippen LogP contribution < -0.4 is 4.87 Å². The average Bonchev–Trinajstić information content (AvgIpc) is 3.48. The zero-order chi connectivity index (χ0) is 20.9. The average molecular weight is 447 g/mol. The van der Waals surface area contributed by atoms with E-state index in [9.17, 15) is 24.3 Å². The number of carbonyl (C=O) groups is 3. The van der Waals surface area contributed by atoms with Crippen molar-refractivity contribution in [1.82, 2.24) is 9.88 Å². The van der Waals surface area contributed by atoms with E-state index < -0.39 is 23.8 Å². The van der Waals surface area contributed by atoms with Crippen LogP contribution in [0.25, 0.3) is 0 Å². The van der Waals surface area contributed by atoms with E-state index in [1.165, 1.54) is 18.3 Å². The lowest BCUT2D eigenvalue weighted by Gasteiger charge is -2.42. The number of carboxylic acids is 1. The van der Waals surface area contributed by atoms with E-state index in [0.29, 0.717) is 0 Å². The van der Waals surface area contributed by atoms with Gasteiger partial charge in [0.2, 0.25) is 11.8 Å². The zero-order valence-electron chi connectivity index (χ0n) is 15.8. The van der Waals surface area contributed by atoms with E-state index in [2.05, 4.69) is 4.98 Å². The van der Waals surface area contributed by atoms with Crippen LogP contribution in [-0.4, -0.2) is 44.1 Å². The zero-order valence-corrected chi connectivity index (χ0v) is 17.4. The Balaban J connectivity index is 1.45. The van der Waals surface area contributed by atoms with Gasteiger partial charge in [0.05, 0.1) is 33.9 Å². The van der Waals surface area contributed by atoms with E-state index in [-0.39, 0.29) is 45.6 Å². The Bertz CT molecular complexity index is 1140. The van der Waals surface area contributed by atoms with Gasteiger partial charge in [-0.25, -0.2) is 4.79 Å². The Kier molecular flexibility index (Phi) is 3.75. The molecule has 4 heterocycles. The molecular formula is C20H18N2O6S2. The summed E-state index contributed by atoms with van der Waals surface area (Å²) in [4.78, 5) is 54.6. The minimum atomic E-state index is -1.18. The Hall–Kier alpha value is -2.33. The molecule has 10 heteroatoms. The summed E-state index contributed by atoms with van der Waals surface area (Å²) < 4.78 is 5.75. The highest BCUT2D eigenvalue weighted by atomic mass is 32.2. The van der Waals surface area contributed by atoms with Gasteiger partial charge in [0.1, 0.15) is 11.8 Å². The third-order valence-electron chi connectivity index (χ3n) is 7.35. The molecule has 2 aromatic heterocycles. The summed E-state index contributed by atoms with van der Waals surface area (Å²) in [6, 6.07) is 2.55. The number of nitrogens with one attached hydrogen (secondary N) is 1. The molecule has 0 radical (unpaired) electrons. The number of aliphatic carboxylic acids is 1. The molecule has 156 valence electrons. The van der Waals surface area contributed by atoms with E-state index in [1.807, 2.05) is 12.1 Å². The number of aromatic amines is 1. The standard InChI is InChI=1S/C20H18N2O6S2/c1-6(19(25)26)22-17(23)11-7-5-8(12(11)18(22)24)14-10(7)13(9-3-2-4-28-9)15-16(29-14)21-20(27)30-15/h2-4,6-8,10-14H,5H2,1H3,(H,21,27)(H,25,26)/t6-,7-,8-,10+,11+,12-,13-,14+/m1/s1. The molecule has 0 spiro atoms. The van der Waals surface area contributed by atoms with Crippen LogP contribution in [0.3, 0.4) is 0 Å². The van der Waals surface area contributed by atoms with E-state index in [1.54, 1.807) is 18.0 Å². The van der Waals surface area contributed by atoms with Gasteiger partial charge in [0.25, 0.3) is 0 Å². The summed E-state index contributed by atoms with van der Waals surface area (Å²) in [5, 5.41) is 10.3. The fourth-order valence-corrected chi connectivity index (χ4v) is 9.19. The summed E-state index contributed by atoms with van der Waals surface area (Å²) in [6.07, 6.45) is 2.37. The summed E-state index contributed by atoms with van der Waals surface area (Å²) in [6.45, 7) is 1.39. The molecule has 3 fully saturated rings. The number of fused-ring (bicyclic) bond motifs is 9. The molecule has 2 aromatic rings. The van der Waals surface area contributed by atoms with Gasteiger partial charge in [-0.2, -0.15) is 0 Å². The lowest BCUT2D eigenvalue weighted by molar-refractivity contribution is -0.154. The van der Waals surface area contributed by atoms with E-state index >= 15 is 0 Å². The number of imide groups is 1. The Labute approximate surface area is 178 Å². The van der Waals surface area contributed by atoms with Crippen molar-refractivity contribution in [1.29, 1.82) is 0 Å². The first-order chi connectivity index (χ1) is 14.4. The van der Waals surface area contributed by atoms with Gasteiger partial charge in [0, 0.05) is 5.25 Å². The second-order valence-corrected chi connectivity index (χ2v) is 10.7. The highest BCUT2D eigenvalue weighted by molar-refractivity contribution is 8.00. The number of aromatic nitrogens is 1. The number of rotatable bonds is 3. The fraction of sp³-hybridized carbons (Fsp3) is 0.500. The number of thioether (sulfide) groups is 1. The van der Waals surface area contributed by atoms with Crippen molar-refractivity contribution in [2.45, 2.75) is 35.6 Å². The third-order valence-corrected chi connectivity index (χ3v) is 9.94. The highest BCUT2D eigenvalue weighted by Crippen LogP contribution is 2.68. The molecule has 0 unspecified atom stereocenters. The van der Waals surface area contributed by atoms with Gasteiger partial charge >= 0.3 is 10.8 Å². The van der Waals surface area contributed by atoms with Gasteiger partial charge in [-0.15, -0.1) is 11.8 Å². The van der Waals surface area contributed by atoms with Gasteiger partial charge in [-0.3, -0.25) is 19.3 Å². The number of amides is 2. The van der Waals surface area contributed by atoms with Gasteiger partial charge < -0.3 is 14.5 Å². The van der Waals surface area contributed by atoms with Crippen LogP contribution in [0.2, 0.25) is 0 Å². The minimum absolute atomic E-state index is 0.0218. The second-order valence-electron chi connectivity index (χ2n) is 8.54. The first-order valence-electron chi connectivity index (χ1n) is 9.91. The normalized spacial score (nSPS) is 37.2. The monoisotopic (exact) mass is 446 g/mol. The van der Waals surface area contributed by atoms with Crippen molar-refractivity contribution in [3.8, 4) is 0 Å². The number of likely N-dealkylation sites (tertiary alicyclic amines) is 1. The Morgan fingerprint density at radius 3 is 2.67 bits per heavy atom. The topological polar surface area (TPSA) is 121 Å². The van der Waals surface area contributed by atoms with Crippen molar-refractivity contribution in [3.05, 3.63) is 38.7 Å². The molecule has 4 aliphatic rings. The maximum atomic E-state index is 13.2. The number of hydrogen-bond acceptors (Lipinski definition) is 7. The number of H-pyrrole nitrogens is 1. The van der Waals surface area contributed by atoms with E-state index in [0.717, 1.165) is 27.0 Å². The first-order valence-corrected chi connectivity index (χ1v) is 11.6. The quantitative estimate of drug-likeness (QED) is 0.692. The van der Waals surface area contributed by atoms with Crippen LogP contribution in [-0.2, 0) is 14.4 Å². The van der Waals surface area contributed by atoms with Crippen molar-refractivity contribution >= 4 is 40.9 Å². The number of thiazole rings is 1. The Morgan fingerprint density at radius 1 is 1.27 bits per heavy atom. The minimum Gasteiger partial charge on any atom is -0.480 e. The van der Waals surface area contributed by atoms with Gasteiger partial charge in [-0.05, 0) is 43.2 Å². The summed E-state index contributed by atoms with van der Waals surface area (Å²) in [5.41, 5.74) is 0. The first kappa shape index (κ1) is 18.4. The number of carboxylic acid groups (broad SMARTS) is 1. The molecule has 2 aliphatic heterocycles. The molecule has 0 aromatic carbocycles. The van der Waals surface area contributed by atoms with E-state index in [4.69, 9.17) is 4.42 Å². The van der Waals surface area contributed by atoms with Crippen molar-refractivity contribution < 1.29 is 23.9 Å². The maximum Gasteiger partial charge on any atom is 0.326 e. The number of carbonyl (C=O) groups excluding carboxylic acids is 2. The maximum absolute atomic E-state index is 13.2. The molecule has 30 heavy (non-hydrogen) atoms. The SMILES string of the molecule is C[C@H](C(=O)O)N1C(=O)[C@@H]2[C@H]3C[C@@H]([C@@H]2C1=O)[C@H]1[C@@H](c2ccco2)c2sc(=O)[nH]c2S[C@@H]31. The van der Waals surface area contributed by atoms with Crippen LogP contribution >= 0.6 is 23.1 Å². The van der Waals surface area contributed by atoms with Gasteiger partial charge in [-0.1, -0.05) is 11.3 Å². The molecule has 8 nitrogen and oxygen atoms in total. The molecular weight excluding hydrogens is 428 g/mol. The molecule has 6 rings (SSSR count). The smallest absolute Gasteiger partial charge is 0.326 e. The molecule has 8 atom stereocenters. The highest BCUT2D eigenvalue weighted by Gasteiger charge is 2.70. The molecule has 2 saturated carbocycles. The molecule has 1 saturated heterocycles. The second kappa shape index (κ2) is 6.10.